The van der Waals surface area contributed by atoms with Gasteiger partial charge in [0.1, 0.15) is 0 Å². The highest BCUT2D eigenvalue weighted by molar-refractivity contribution is 5.85. The lowest BCUT2D eigenvalue weighted by Gasteiger charge is -2.34. The normalized spacial score (nSPS) is 14.9. The van der Waals surface area contributed by atoms with Gasteiger partial charge in [0.25, 0.3) is 0 Å². The van der Waals surface area contributed by atoms with Crippen LogP contribution < -0.4 is 5.73 Å². The molecule has 1 aromatic carbocycles. The number of carbonyl (C=O) groups excluding carboxylic acids is 1. The Bertz CT molecular complexity index is 413. The van der Waals surface area contributed by atoms with Crippen LogP contribution in [0.4, 0.5) is 0 Å². The maximum absolute atomic E-state index is 11.4. The fourth-order valence-corrected chi connectivity index (χ4v) is 2.31. The number of hydrogen-bond donors (Lipinski definition) is 1. The van der Waals surface area contributed by atoms with Crippen molar-refractivity contribution in [3.63, 3.8) is 0 Å². The van der Waals surface area contributed by atoms with Gasteiger partial charge in [0, 0.05) is 32.7 Å². The van der Waals surface area contributed by atoms with Crippen molar-refractivity contribution in [2.45, 2.75) is 6.61 Å². The monoisotopic (exact) mass is 349 g/mol. The highest BCUT2D eigenvalue weighted by atomic mass is 35.5. The molecule has 1 amide bonds. The lowest BCUT2D eigenvalue weighted by atomic mass is 10.2. The summed E-state index contributed by atoms with van der Waals surface area (Å²) < 4.78 is 5.68. The minimum absolute atomic E-state index is 0. The van der Waals surface area contributed by atoms with E-state index in [1.54, 1.807) is 0 Å². The Kier molecular flexibility index (Phi) is 11.2. The van der Waals surface area contributed by atoms with Gasteiger partial charge in [-0.1, -0.05) is 30.3 Å². The van der Waals surface area contributed by atoms with E-state index in [1.165, 1.54) is 5.56 Å². The van der Waals surface area contributed by atoms with E-state index in [2.05, 4.69) is 17.0 Å². The smallest absolute Gasteiger partial charge is 0.236 e. The molecule has 1 aliphatic heterocycles. The van der Waals surface area contributed by atoms with Crippen molar-refractivity contribution < 1.29 is 9.53 Å². The van der Waals surface area contributed by atoms with E-state index < -0.39 is 0 Å². The first-order valence-electron chi connectivity index (χ1n) is 7.11. The van der Waals surface area contributed by atoms with Crippen LogP contribution in [0.3, 0.4) is 0 Å². The van der Waals surface area contributed by atoms with Crippen molar-refractivity contribution in [3.8, 4) is 0 Å². The Morgan fingerprint density at radius 2 is 1.73 bits per heavy atom. The Hall–Kier alpha value is -0.850. The SMILES string of the molecule is Cl.Cl.NCC(=O)N1CCN(CCOCc2ccccc2)CC1. The molecule has 0 unspecified atom stereocenters. The molecule has 0 bridgehead atoms. The average Bonchev–Trinajstić information content (AvgIpc) is 2.52. The molecule has 2 rings (SSSR count). The van der Waals surface area contributed by atoms with E-state index in [1.807, 2.05) is 23.1 Å². The van der Waals surface area contributed by atoms with Gasteiger partial charge >= 0.3 is 0 Å². The predicted octanol–water partition coefficient (Wildman–Crippen LogP) is 1.15. The molecule has 126 valence electrons. The molecular formula is C15H25Cl2N3O2. The quantitative estimate of drug-likeness (QED) is 0.782. The minimum atomic E-state index is 0. The molecule has 0 aromatic heterocycles. The number of amides is 1. The molecular weight excluding hydrogens is 325 g/mol. The van der Waals surface area contributed by atoms with E-state index in [9.17, 15) is 4.79 Å². The first-order chi connectivity index (χ1) is 9.79. The topological polar surface area (TPSA) is 58.8 Å². The third kappa shape index (κ3) is 6.94. The van der Waals surface area contributed by atoms with E-state index in [-0.39, 0.29) is 37.3 Å². The minimum Gasteiger partial charge on any atom is -0.375 e. The molecule has 0 aliphatic carbocycles. The molecule has 1 aromatic rings. The van der Waals surface area contributed by atoms with Crippen molar-refractivity contribution in [2.24, 2.45) is 5.73 Å². The van der Waals surface area contributed by atoms with Gasteiger partial charge in [-0.25, -0.2) is 0 Å². The largest absolute Gasteiger partial charge is 0.375 e. The summed E-state index contributed by atoms with van der Waals surface area (Å²) in [5.41, 5.74) is 6.57. The summed E-state index contributed by atoms with van der Waals surface area (Å²) in [5, 5.41) is 0. The Balaban J connectivity index is 0.00000220. The van der Waals surface area contributed by atoms with Crippen LogP contribution in [0.15, 0.2) is 30.3 Å². The fraction of sp³-hybridized carbons (Fsp3) is 0.533. The van der Waals surface area contributed by atoms with Crippen molar-refractivity contribution in [1.82, 2.24) is 9.80 Å². The van der Waals surface area contributed by atoms with Crippen LogP contribution in [0.2, 0.25) is 0 Å². The highest BCUT2D eigenvalue weighted by Gasteiger charge is 2.19. The van der Waals surface area contributed by atoms with Crippen LogP contribution in [0, 0.1) is 0 Å². The molecule has 1 saturated heterocycles. The van der Waals surface area contributed by atoms with Gasteiger partial charge < -0.3 is 15.4 Å². The van der Waals surface area contributed by atoms with Crippen LogP contribution in [-0.4, -0.2) is 61.6 Å². The summed E-state index contributed by atoms with van der Waals surface area (Å²) in [7, 11) is 0. The van der Waals surface area contributed by atoms with Crippen LogP contribution in [0.5, 0.6) is 0 Å². The number of carbonyl (C=O) groups is 1. The molecule has 5 nitrogen and oxygen atoms in total. The highest BCUT2D eigenvalue weighted by Crippen LogP contribution is 2.03. The van der Waals surface area contributed by atoms with Gasteiger partial charge in [0.15, 0.2) is 0 Å². The molecule has 2 N–H and O–H groups in total. The van der Waals surface area contributed by atoms with E-state index in [4.69, 9.17) is 10.5 Å². The zero-order chi connectivity index (χ0) is 14.2. The first-order valence-corrected chi connectivity index (χ1v) is 7.11. The maximum atomic E-state index is 11.4. The van der Waals surface area contributed by atoms with Gasteiger partial charge in [-0.3, -0.25) is 9.69 Å². The van der Waals surface area contributed by atoms with Crippen LogP contribution in [0.25, 0.3) is 0 Å². The lowest BCUT2D eigenvalue weighted by Crippen LogP contribution is -2.50. The van der Waals surface area contributed by atoms with Gasteiger partial charge in [-0.05, 0) is 5.56 Å². The van der Waals surface area contributed by atoms with Crippen molar-refractivity contribution in [2.75, 3.05) is 45.9 Å². The number of hydrogen-bond acceptors (Lipinski definition) is 4. The maximum Gasteiger partial charge on any atom is 0.236 e. The Morgan fingerprint density at radius 3 is 2.32 bits per heavy atom. The summed E-state index contributed by atoms with van der Waals surface area (Å²) in [4.78, 5) is 15.6. The number of halogens is 2. The first kappa shape index (κ1) is 21.1. The Morgan fingerprint density at radius 1 is 1.09 bits per heavy atom. The molecule has 0 radical (unpaired) electrons. The van der Waals surface area contributed by atoms with Crippen molar-refractivity contribution >= 4 is 30.7 Å². The number of piperazine rings is 1. The fourth-order valence-electron chi connectivity index (χ4n) is 2.31. The van der Waals surface area contributed by atoms with Crippen LogP contribution in [-0.2, 0) is 16.1 Å². The number of ether oxygens (including phenoxy) is 1. The summed E-state index contributed by atoms with van der Waals surface area (Å²) in [6, 6.07) is 10.2. The van der Waals surface area contributed by atoms with Crippen LogP contribution >= 0.6 is 24.8 Å². The van der Waals surface area contributed by atoms with Gasteiger partial charge in [-0.15, -0.1) is 24.8 Å². The molecule has 0 spiro atoms. The third-order valence-corrected chi connectivity index (χ3v) is 3.56. The summed E-state index contributed by atoms with van der Waals surface area (Å²) in [6.45, 7) is 5.76. The molecule has 1 aliphatic rings. The molecule has 0 saturated carbocycles. The molecule has 1 heterocycles. The number of nitrogens with zero attached hydrogens (tertiary/aromatic N) is 2. The van der Waals surface area contributed by atoms with E-state index in [0.717, 1.165) is 39.3 Å². The summed E-state index contributed by atoms with van der Waals surface area (Å²) >= 11 is 0. The third-order valence-electron chi connectivity index (χ3n) is 3.56. The average molecular weight is 350 g/mol. The van der Waals surface area contributed by atoms with Gasteiger partial charge in [0.2, 0.25) is 5.91 Å². The van der Waals surface area contributed by atoms with E-state index >= 15 is 0 Å². The number of benzene rings is 1. The van der Waals surface area contributed by atoms with Gasteiger partial charge in [-0.2, -0.15) is 0 Å². The van der Waals surface area contributed by atoms with Gasteiger partial charge in [0.05, 0.1) is 19.8 Å². The van der Waals surface area contributed by atoms with E-state index in [0.29, 0.717) is 6.61 Å². The molecule has 22 heavy (non-hydrogen) atoms. The predicted molar refractivity (Wildman–Crippen MR) is 92.7 cm³/mol. The zero-order valence-electron chi connectivity index (χ0n) is 12.6. The second kappa shape index (κ2) is 11.7. The van der Waals surface area contributed by atoms with Crippen LogP contribution in [0.1, 0.15) is 5.56 Å². The van der Waals surface area contributed by atoms with Crippen molar-refractivity contribution in [1.29, 1.82) is 0 Å². The van der Waals surface area contributed by atoms with Crippen molar-refractivity contribution in [3.05, 3.63) is 35.9 Å². The molecule has 1 fully saturated rings. The zero-order valence-corrected chi connectivity index (χ0v) is 14.3. The summed E-state index contributed by atoms with van der Waals surface area (Å²) in [5.74, 6) is 0.0463. The molecule has 0 atom stereocenters. The summed E-state index contributed by atoms with van der Waals surface area (Å²) in [6.07, 6.45) is 0. The second-order valence-electron chi connectivity index (χ2n) is 4.96. The lowest BCUT2D eigenvalue weighted by molar-refractivity contribution is -0.131. The number of nitrogens with two attached hydrogens (primary N) is 1. The number of rotatable bonds is 6. The standard InChI is InChI=1S/C15H23N3O2.2ClH/c16-12-15(19)18-8-6-17(7-9-18)10-11-20-13-14-4-2-1-3-5-14;;/h1-5H,6-13,16H2;2*1H. The molecule has 7 heteroatoms. The second-order valence-corrected chi connectivity index (χ2v) is 4.96. The Labute approximate surface area is 144 Å².